The van der Waals surface area contributed by atoms with Crippen molar-refractivity contribution in [3.8, 4) is 17.1 Å². The highest BCUT2D eigenvalue weighted by atomic mass is 35.5. The number of imidazole rings is 1. The zero-order valence-corrected chi connectivity index (χ0v) is 13.8. The van der Waals surface area contributed by atoms with Gasteiger partial charge in [0.2, 0.25) is 5.91 Å². The second-order valence-corrected chi connectivity index (χ2v) is 6.11. The lowest BCUT2D eigenvalue weighted by atomic mass is 10.2. The molecule has 1 aliphatic heterocycles. The summed E-state index contributed by atoms with van der Waals surface area (Å²) in [4.78, 5) is 15.8. The van der Waals surface area contributed by atoms with Crippen molar-refractivity contribution in [2.45, 2.75) is 38.8 Å². The number of rotatable bonds is 6. The summed E-state index contributed by atoms with van der Waals surface area (Å²) < 4.78 is 7.65. The number of nitrogens with one attached hydrogen (secondary N) is 1. The normalized spacial score (nSPS) is 17.3. The Hall–Kier alpha value is -2.01. The number of ether oxygens (including phenoxy) is 1. The molecule has 2 heterocycles. The van der Waals surface area contributed by atoms with Gasteiger partial charge in [0.05, 0.1) is 11.6 Å². The Morgan fingerprint density at radius 3 is 3.04 bits per heavy atom. The van der Waals surface area contributed by atoms with Crippen molar-refractivity contribution >= 4 is 17.5 Å². The third-order valence-electron chi connectivity index (χ3n) is 3.87. The van der Waals surface area contributed by atoms with Crippen LogP contribution >= 0.6 is 11.6 Å². The second-order valence-electron chi connectivity index (χ2n) is 5.70. The van der Waals surface area contributed by atoms with E-state index in [1.165, 1.54) is 0 Å². The number of carbonyl (C=O) groups excluding carboxylic acids is 1. The summed E-state index contributed by atoms with van der Waals surface area (Å²) in [7, 11) is 0. The third kappa shape index (κ3) is 3.67. The molecule has 0 aliphatic carbocycles. The van der Waals surface area contributed by atoms with E-state index < -0.39 is 0 Å². The minimum Gasteiger partial charge on any atom is -0.492 e. The maximum atomic E-state index is 11.3. The molecule has 23 heavy (non-hydrogen) atoms. The van der Waals surface area contributed by atoms with Gasteiger partial charge in [-0.2, -0.15) is 0 Å². The predicted molar refractivity (Wildman–Crippen MR) is 89.6 cm³/mol. The molecule has 0 saturated carbocycles. The first-order valence-corrected chi connectivity index (χ1v) is 8.28. The van der Waals surface area contributed by atoms with E-state index in [1.807, 2.05) is 24.4 Å². The van der Waals surface area contributed by atoms with Crippen LogP contribution in [0.1, 0.15) is 26.2 Å². The number of hydrogen-bond acceptors (Lipinski definition) is 3. The van der Waals surface area contributed by atoms with Crippen LogP contribution in [0.15, 0.2) is 30.6 Å². The van der Waals surface area contributed by atoms with E-state index in [-0.39, 0.29) is 11.9 Å². The number of carbonyl (C=O) groups is 1. The highest BCUT2D eigenvalue weighted by Gasteiger charge is 2.22. The zero-order valence-electron chi connectivity index (χ0n) is 13.1. The first-order valence-electron chi connectivity index (χ1n) is 7.90. The van der Waals surface area contributed by atoms with Crippen LogP contribution < -0.4 is 10.1 Å². The Morgan fingerprint density at radius 2 is 2.35 bits per heavy atom. The van der Waals surface area contributed by atoms with Gasteiger partial charge in [0.1, 0.15) is 11.6 Å². The Labute approximate surface area is 140 Å². The van der Waals surface area contributed by atoms with Gasteiger partial charge in [-0.25, -0.2) is 4.98 Å². The summed E-state index contributed by atoms with van der Waals surface area (Å²) in [6, 6.07) is 5.88. The van der Waals surface area contributed by atoms with Crippen LogP contribution in [0.4, 0.5) is 0 Å². The van der Waals surface area contributed by atoms with Gasteiger partial charge in [-0.3, -0.25) is 4.79 Å². The van der Waals surface area contributed by atoms with Gasteiger partial charge in [-0.15, -0.1) is 0 Å². The first-order chi connectivity index (χ1) is 11.2. The predicted octanol–water partition coefficient (Wildman–Crippen LogP) is 3.27. The summed E-state index contributed by atoms with van der Waals surface area (Å²) in [5.74, 6) is 1.66. The fraction of sp³-hybridized carbons (Fsp3) is 0.412. The molecule has 1 fully saturated rings. The average Bonchev–Trinajstić information content (AvgIpc) is 3.15. The summed E-state index contributed by atoms with van der Waals surface area (Å²) in [6.45, 7) is 3.42. The molecule has 0 radical (unpaired) electrons. The summed E-state index contributed by atoms with van der Waals surface area (Å²) in [6.07, 6.45) is 6.09. The van der Waals surface area contributed by atoms with Gasteiger partial charge >= 0.3 is 0 Å². The SMILES string of the molecule is CCCOc1ccc(-c2nccn2CC2CCC(=O)N2)cc1Cl. The van der Waals surface area contributed by atoms with Crippen molar-refractivity contribution in [1.82, 2.24) is 14.9 Å². The van der Waals surface area contributed by atoms with Gasteiger partial charge in [-0.1, -0.05) is 18.5 Å². The molecule has 1 unspecified atom stereocenters. The summed E-state index contributed by atoms with van der Waals surface area (Å²) >= 11 is 6.30. The molecule has 1 amide bonds. The molecule has 0 bridgehead atoms. The minimum atomic E-state index is 0.122. The topological polar surface area (TPSA) is 56.2 Å². The number of amides is 1. The van der Waals surface area contributed by atoms with Gasteiger partial charge in [0, 0.05) is 37.0 Å². The lowest BCUT2D eigenvalue weighted by Gasteiger charge is -2.14. The Bertz CT molecular complexity index is 699. The summed E-state index contributed by atoms with van der Waals surface area (Å²) in [5.41, 5.74) is 0.938. The number of hydrogen-bond donors (Lipinski definition) is 1. The van der Waals surface area contributed by atoms with Crippen LogP contribution in [0.5, 0.6) is 5.75 Å². The van der Waals surface area contributed by atoms with E-state index >= 15 is 0 Å². The van der Waals surface area contributed by atoms with E-state index in [0.29, 0.717) is 30.3 Å². The standard InChI is InChI=1S/C17H20ClN3O2/c1-2-9-23-15-5-3-12(10-14(15)18)17-19-7-8-21(17)11-13-4-6-16(22)20-13/h3,5,7-8,10,13H,2,4,6,9,11H2,1H3,(H,20,22). The highest BCUT2D eigenvalue weighted by Crippen LogP contribution is 2.30. The largest absolute Gasteiger partial charge is 0.492 e. The fourth-order valence-electron chi connectivity index (χ4n) is 2.74. The molecule has 0 spiro atoms. The molecule has 6 heteroatoms. The smallest absolute Gasteiger partial charge is 0.220 e. The molecule has 1 saturated heterocycles. The van der Waals surface area contributed by atoms with Crippen LogP contribution in [-0.2, 0) is 11.3 Å². The van der Waals surface area contributed by atoms with Gasteiger partial charge in [0.15, 0.2) is 0 Å². The molecule has 1 aromatic heterocycles. The molecule has 1 aromatic carbocycles. The van der Waals surface area contributed by atoms with Crippen LogP contribution in [0.3, 0.4) is 0 Å². The van der Waals surface area contributed by atoms with Gasteiger partial charge in [0.25, 0.3) is 0 Å². The van der Waals surface area contributed by atoms with Crippen molar-refractivity contribution in [1.29, 1.82) is 0 Å². The maximum absolute atomic E-state index is 11.3. The van der Waals surface area contributed by atoms with Crippen LogP contribution in [0.25, 0.3) is 11.4 Å². The molecular weight excluding hydrogens is 314 g/mol. The molecule has 1 atom stereocenters. The Morgan fingerprint density at radius 1 is 1.48 bits per heavy atom. The first kappa shape index (κ1) is 15.9. The molecule has 5 nitrogen and oxygen atoms in total. The number of nitrogens with zero attached hydrogens (tertiary/aromatic N) is 2. The monoisotopic (exact) mass is 333 g/mol. The van der Waals surface area contributed by atoms with Crippen molar-refractivity contribution in [2.75, 3.05) is 6.61 Å². The number of halogens is 1. The van der Waals surface area contributed by atoms with E-state index in [2.05, 4.69) is 21.8 Å². The molecular formula is C17H20ClN3O2. The van der Waals surface area contributed by atoms with Crippen LogP contribution in [-0.4, -0.2) is 28.1 Å². The lowest BCUT2D eigenvalue weighted by Crippen LogP contribution is -2.29. The molecule has 2 aromatic rings. The Balaban J connectivity index is 1.78. The van der Waals surface area contributed by atoms with Crippen molar-refractivity contribution < 1.29 is 9.53 Å². The van der Waals surface area contributed by atoms with E-state index in [4.69, 9.17) is 16.3 Å². The van der Waals surface area contributed by atoms with E-state index in [1.54, 1.807) is 6.20 Å². The fourth-order valence-corrected chi connectivity index (χ4v) is 2.97. The zero-order chi connectivity index (χ0) is 16.2. The van der Waals surface area contributed by atoms with E-state index in [0.717, 1.165) is 24.2 Å². The lowest BCUT2D eigenvalue weighted by molar-refractivity contribution is -0.119. The second kappa shape index (κ2) is 7.04. The van der Waals surface area contributed by atoms with E-state index in [9.17, 15) is 4.79 Å². The van der Waals surface area contributed by atoms with Crippen LogP contribution in [0, 0.1) is 0 Å². The van der Waals surface area contributed by atoms with Crippen molar-refractivity contribution in [3.05, 3.63) is 35.6 Å². The van der Waals surface area contributed by atoms with Crippen molar-refractivity contribution in [3.63, 3.8) is 0 Å². The minimum absolute atomic E-state index is 0.122. The molecule has 1 aliphatic rings. The van der Waals surface area contributed by atoms with Gasteiger partial charge in [-0.05, 0) is 31.0 Å². The molecule has 122 valence electrons. The third-order valence-corrected chi connectivity index (χ3v) is 4.16. The quantitative estimate of drug-likeness (QED) is 0.882. The highest BCUT2D eigenvalue weighted by molar-refractivity contribution is 6.32. The molecule has 3 rings (SSSR count). The van der Waals surface area contributed by atoms with Crippen molar-refractivity contribution in [2.24, 2.45) is 0 Å². The molecule has 1 N–H and O–H groups in total. The Kier molecular flexibility index (Phi) is 4.86. The summed E-state index contributed by atoms with van der Waals surface area (Å²) in [5, 5.41) is 3.56. The maximum Gasteiger partial charge on any atom is 0.220 e. The van der Waals surface area contributed by atoms with Gasteiger partial charge < -0.3 is 14.6 Å². The number of aromatic nitrogens is 2. The van der Waals surface area contributed by atoms with Crippen LogP contribution in [0.2, 0.25) is 5.02 Å². The average molecular weight is 334 g/mol. The number of benzene rings is 1.